The molecular weight excluding hydrogens is 232 g/mol. The van der Waals surface area contributed by atoms with Crippen LogP contribution in [-0.4, -0.2) is 47.3 Å². The molecule has 6 heteroatoms. The number of hydrogen-bond donors (Lipinski definition) is 2. The number of nitrogens with one attached hydrogen (secondary N) is 2. The van der Waals surface area contributed by atoms with Gasteiger partial charge in [-0.3, -0.25) is 19.9 Å². The van der Waals surface area contributed by atoms with E-state index in [4.69, 9.17) is 0 Å². The molecule has 2 unspecified atom stereocenters. The fraction of sp³-hybridized carbons (Fsp3) is 0.750. The van der Waals surface area contributed by atoms with Crippen LogP contribution >= 0.6 is 0 Å². The third-order valence-electron chi connectivity index (χ3n) is 4.12. The van der Waals surface area contributed by atoms with E-state index in [1.807, 2.05) is 11.8 Å². The molecule has 0 bridgehead atoms. The summed E-state index contributed by atoms with van der Waals surface area (Å²) in [5.74, 6) is 0.500. The summed E-state index contributed by atoms with van der Waals surface area (Å²) in [7, 11) is 0. The van der Waals surface area contributed by atoms with Gasteiger partial charge in [-0.2, -0.15) is 0 Å². The monoisotopic (exact) mass is 250 g/mol. The summed E-state index contributed by atoms with van der Waals surface area (Å²) < 4.78 is 0. The van der Waals surface area contributed by atoms with Gasteiger partial charge in [0.2, 0.25) is 5.91 Å². The Balaban J connectivity index is 1.93. The molecule has 6 nitrogen and oxygen atoms in total. The first-order valence-corrected chi connectivity index (χ1v) is 6.61. The Bertz CT molecular complexity index is 434. The van der Waals surface area contributed by atoms with Crippen molar-refractivity contribution in [3.63, 3.8) is 0 Å². The van der Waals surface area contributed by atoms with E-state index in [2.05, 4.69) is 15.6 Å². The number of rotatable bonds is 1. The van der Waals surface area contributed by atoms with Crippen LogP contribution in [0.15, 0.2) is 4.99 Å². The van der Waals surface area contributed by atoms with Gasteiger partial charge in [0.15, 0.2) is 5.96 Å². The van der Waals surface area contributed by atoms with Crippen molar-refractivity contribution in [2.24, 2.45) is 4.99 Å². The van der Waals surface area contributed by atoms with E-state index >= 15 is 0 Å². The van der Waals surface area contributed by atoms with Crippen molar-refractivity contribution < 1.29 is 9.59 Å². The average Bonchev–Trinajstić information content (AvgIpc) is 2.81. The third-order valence-corrected chi connectivity index (χ3v) is 4.12. The van der Waals surface area contributed by atoms with Gasteiger partial charge < -0.3 is 10.2 Å². The third kappa shape index (κ3) is 1.44. The van der Waals surface area contributed by atoms with Gasteiger partial charge in [-0.25, -0.2) is 0 Å². The maximum Gasteiger partial charge on any atom is 0.255 e. The molecule has 3 rings (SSSR count). The van der Waals surface area contributed by atoms with Crippen molar-refractivity contribution in [1.29, 1.82) is 0 Å². The van der Waals surface area contributed by atoms with Crippen molar-refractivity contribution in [1.82, 2.24) is 15.5 Å². The molecule has 18 heavy (non-hydrogen) atoms. The summed E-state index contributed by atoms with van der Waals surface area (Å²) in [6.07, 6.45) is 3.26. The highest BCUT2D eigenvalue weighted by atomic mass is 16.2. The summed E-state index contributed by atoms with van der Waals surface area (Å²) >= 11 is 0. The van der Waals surface area contributed by atoms with E-state index in [1.54, 1.807) is 0 Å². The fourth-order valence-corrected chi connectivity index (χ4v) is 3.31. The molecule has 0 saturated carbocycles. The zero-order valence-corrected chi connectivity index (χ0v) is 10.5. The molecule has 2 atom stereocenters. The number of carbonyl (C=O) groups is 2. The van der Waals surface area contributed by atoms with E-state index in [-0.39, 0.29) is 24.3 Å². The summed E-state index contributed by atoms with van der Waals surface area (Å²) in [4.78, 5) is 30.4. The number of guanidine groups is 1. The largest absolute Gasteiger partial charge is 0.339 e. The first-order valence-electron chi connectivity index (χ1n) is 6.61. The molecule has 3 heterocycles. The molecule has 1 spiro atoms. The van der Waals surface area contributed by atoms with E-state index in [0.29, 0.717) is 12.5 Å². The smallest absolute Gasteiger partial charge is 0.255 e. The quantitative estimate of drug-likeness (QED) is 0.665. The van der Waals surface area contributed by atoms with Crippen LogP contribution < -0.4 is 10.6 Å². The SMILES string of the molecule is CCN=C1NC(=O)C2(CC(=O)N3CCCCC32)N1. The molecule has 0 aliphatic carbocycles. The predicted octanol–water partition coefficient (Wildman–Crippen LogP) is -0.395. The normalized spacial score (nSPS) is 37.1. The number of piperidine rings is 1. The topological polar surface area (TPSA) is 73.8 Å². The maximum atomic E-state index is 12.3. The van der Waals surface area contributed by atoms with Crippen molar-refractivity contribution >= 4 is 17.8 Å². The fourth-order valence-electron chi connectivity index (χ4n) is 3.31. The second-order valence-corrected chi connectivity index (χ2v) is 5.15. The molecular formula is C12H18N4O2. The Kier molecular flexibility index (Phi) is 2.53. The molecule has 2 amide bonds. The Labute approximate surface area is 106 Å². The molecule has 3 saturated heterocycles. The van der Waals surface area contributed by atoms with Gasteiger partial charge in [0, 0.05) is 13.1 Å². The molecule has 3 fully saturated rings. The van der Waals surface area contributed by atoms with Crippen molar-refractivity contribution in [2.45, 2.75) is 44.2 Å². The van der Waals surface area contributed by atoms with Gasteiger partial charge >= 0.3 is 0 Å². The Hall–Kier alpha value is -1.59. The van der Waals surface area contributed by atoms with Crippen LogP contribution in [0, 0.1) is 0 Å². The van der Waals surface area contributed by atoms with Crippen LogP contribution in [0.25, 0.3) is 0 Å². The van der Waals surface area contributed by atoms with Gasteiger partial charge in [0.1, 0.15) is 5.54 Å². The lowest BCUT2D eigenvalue weighted by atomic mass is 9.85. The minimum Gasteiger partial charge on any atom is -0.339 e. The number of nitrogens with zero attached hydrogens (tertiary/aromatic N) is 2. The molecule has 0 aromatic carbocycles. The Morgan fingerprint density at radius 3 is 3.06 bits per heavy atom. The van der Waals surface area contributed by atoms with Crippen LogP contribution in [0.5, 0.6) is 0 Å². The number of fused-ring (bicyclic) bond motifs is 2. The Morgan fingerprint density at radius 1 is 1.44 bits per heavy atom. The molecule has 2 N–H and O–H groups in total. The van der Waals surface area contributed by atoms with E-state index in [0.717, 1.165) is 25.8 Å². The van der Waals surface area contributed by atoms with E-state index in [1.165, 1.54) is 0 Å². The van der Waals surface area contributed by atoms with Crippen molar-refractivity contribution in [3.05, 3.63) is 0 Å². The second-order valence-electron chi connectivity index (χ2n) is 5.15. The zero-order valence-electron chi connectivity index (χ0n) is 10.5. The standard InChI is InChI=1S/C12H18N4O2/c1-2-13-11-14-10(18)12(15-11)7-9(17)16-6-4-3-5-8(12)16/h8H,2-7H2,1H3,(H2,13,14,15,18). The van der Waals surface area contributed by atoms with Crippen LogP contribution in [0.1, 0.15) is 32.6 Å². The zero-order chi connectivity index (χ0) is 12.8. The Morgan fingerprint density at radius 2 is 2.28 bits per heavy atom. The minimum absolute atomic E-state index is 0.0108. The first-order chi connectivity index (χ1) is 8.67. The summed E-state index contributed by atoms with van der Waals surface area (Å²) in [6.45, 7) is 3.31. The lowest BCUT2D eigenvalue weighted by Crippen LogP contribution is -2.57. The highest BCUT2D eigenvalue weighted by molar-refractivity contribution is 6.12. The predicted molar refractivity (Wildman–Crippen MR) is 66.0 cm³/mol. The number of aliphatic imine (C=N–C) groups is 1. The second kappa shape index (κ2) is 3.96. The molecule has 3 aliphatic heterocycles. The van der Waals surface area contributed by atoms with Crippen LogP contribution in [-0.2, 0) is 9.59 Å². The van der Waals surface area contributed by atoms with Crippen molar-refractivity contribution in [3.8, 4) is 0 Å². The molecule has 98 valence electrons. The van der Waals surface area contributed by atoms with Crippen LogP contribution in [0.3, 0.4) is 0 Å². The van der Waals surface area contributed by atoms with Gasteiger partial charge in [0.25, 0.3) is 5.91 Å². The highest BCUT2D eigenvalue weighted by Gasteiger charge is 2.60. The summed E-state index contributed by atoms with van der Waals surface area (Å²) in [6, 6.07) is -0.0108. The molecule has 0 aromatic heterocycles. The lowest BCUT2D eigenvalue weighted by Gasteiger charge is -2.36. The van der Waals surface area contributed by atoms with Gasteiger partial charge in [-0.1, -0.05) is 0 Å². The first kappa shape index (κ1) is 11.5. The maximum absolute atomic E-state index is 12.3. The summed E-state index contributed by atoms with van der Waals surface area (Å²) in [5.41, 5.74) is -0.772. The van der Waals surface area contributed by atoms with Gasteiger partial charge in [-0.15, -0.1) is 0 Å². The lowest BCUT2D eigenvalue weighted by molar-refractivity contribution is -0.129. The minimum atomic E-state index is -0.772. The highest BCUT2D eigenvalue weighted by Crippen LogP contribution is 2.37. The number of carbonyl (C=O) groups excluding carboxylic acids is 2. The van der Waals surface area contributed by atoms with Gasteiger partial charge in [0.05, 0.1) is 12.5 Å². The van der Waals surface area contributed by atoms with E-state index in [9.17, 15) is 9.59 Å². The van der Waals surface area contributed by atoms with Crippen LogP contribution in [0.2, 0.25) is 0 Å². The molecule has 0 aromatic rings. The number of hydrogen-bond acceptors (Lipinski definition) is 3. The van der Waals surface area contributed by atoms with E-state index < -0.39 is 5.54 Å². The molecule has 3 aliphatic rings. The number of amides is 2. The summed E-state index contributed by atoms with van der Waals surface area (Å²) in [5, 5.41) is 5.94. The van der Waals surface area contributed by atoms with Crippen molar-refractivity contribution in [2.75, 3.05) is 13.1 Å². The average molecular weight is 250 g/mol. The van der Waals surface area contributed by atoms with Crippen LogP contribution in [0.4, 0.5) is 0 Å². The van der Waals surface area contributed by atoms with Gasteiger partial charge in [-0.05, 0) is 26.2 Å². The molecule has 0 radical (unpaired) electrons.